The van der Waals surface area contributed by atoms with Crippen molar-refractivity contribution in [3.05, 3.63) is 0 Å². The summed E-state index contributed by atoms with van der Waals surface area (Å²) < 4.78 is 45.7. The largest absolute Gasteiger partial charge is 0.327 e. The van der Waals surface area contributed by atoms with Crippen LogP contribution in [0.5, 0.6) is 0 Å². The molecule has 7 heteroatoms. The van der Waals surface area contributed by atoms with Crippen LogP contribution < -0.4 is 5.73 Å². The molecule has 1 aliphatic carbocycles. The summed E-state index contributed by atoms with van der Waals surface area (Å²) in [5, 5.41) is -0.553. The number of rotatable bonds is 4. The van der Waals surface area contributed by atoms with E-state index in [1.54, 1.807) is 0 Å². The van der Waals surface area contributed by atoms with Crippen LogP contribution in [0.2, 0.25) is 0 Å². The Morgan fingerprint density at radius 2 is 1.62 bits per heavy atom. The Hall–Kier alpha value is -0.140. The Morgan fingerprint density at radius 3 is 2.12 bits per heavy atom. The van der Waals surface area contributed by atoms with Crippen molar-refractivity contribution in [1.82, 2.24) is 0 Å². The molecule has 0 bridgehead atoms. The van der Waals surface area contributed by atoms with Crippen LogP contribution in [-0.2, 0) is 19.7 Å². The average Bonchev–Trinajstić information content (AvgIpc) is 2.14. The molecule has 0 aromatic rings. The minimum absolute atomic E-state index is 0.301. The van der Waals surface area contributed by atoms with E-state index < -0.39 is 24.9 Å². The van der Waals surface area contributed by atoms with Crippen molar-refractivity contribution in [1.29, 1.82) is 0 Å². The first-order valence-electron chi connectivity index (χ1n) is 5.37. The molecule has 2 N–H and O–H groups in total. The van der Waals surface area contributed by atoms with Crippen molar-refractivity contribution >= 4 is 19.7 Å². The molecule has 1 rings (SSSR count). The average molecular weight is 269 g/mol. The molecule has 0 aliphatic heterocycles. The van der Waals surface area contributed by atoms with Gasteiger partial charge in [0.25, 0.3) is 0 Å². The van der Waals surface area contributed by atoms with Crippen LogP contribution in [-0.4, -0.2) is 45.9 Å². The maximum Gasteiger partial charge on any atom is 0.155 e. The number of nitrogens with two attached hydrogens (primary N) is 1. The van der Waals surface area contributed by atoms with Crippen molar-refractivity contribution in [3.8, 4) is 0 Å². The number of hydrogen-bond donors (Lipinski definition) is 1. The van der Waals surface area contributed by atoms with Crippen LogP contribution in [0, 0.1) is 0 Å². The van der Waals surface area contributed by atoms with E-state index in [-0.39, 0.29) is 17.5 Å². The quantitative estimate of drug-likeness (QED) is 0.757. The first-order valence-corrected chi connectivity index (χ1v) is 9.15. The van der Waals surface area contributed by atoms with Gasteiger partial charge in [-0.1, -0.05) is 12.8 Å². The van der Waals surface area contributed by atoms with E-state index in [1.165, 1.54) is 0 Å². The molecule has 0 saturated heterocycles. The molecule has 0 amide bonds. The molecule has 96 valence electrons. The van der Waals surface area contributed by atoms with Gasteiger partial charge < -0.3 is 5.73 Å². The van der Waals surface area contributed by atoms with E-state index in [0.29, 0.717) is 12.8 Å². The number of sulfone groups is 2. The summed E-state index contributed by atoms with van der Waals surface area (Å²) in [5.41, 5.74) is 5.78. The highest BCUT2D eigenvalue weighted by Crippen LogP contribution is 2.23. The van der Waals surface area contributed by atoms with E-state index in [9.17, 15) is 16.8 Å². The van der Waals surface area contributed by atoms with Crippen LogP contribution >= 0.6 is 0 Å². The van der Waals surface area contributed by atoms with Gasteiger partial charge in [0.2, 0.25) is 0 Å². The van der Waals surface area contributed by atoms with E-state index in [0.717, 1.165) is 19.1 Å². The SMILES string of the molecule is CS(=O)(=O)CCS(=O)(=O)C1CCCCC1N. The lowest BCUT2D eigenvalue weighted by molar-refractivity contribution is 0.432. The minimum Gasteiger partial charge on any atom is -0.327 e. The summed E-state index contributed by atoms with van der Waals surface area (Å²) in [4.78, 5) is 0. The van der Waals surface area contributed by atoms with Gasteiger partial charge in [0.05, 0.1) is 16.8 Å². The molecule has 0 radical (unpaired) electrons. The van der Waals surface area contributed by atoms with Crippen LogP contribution in [0.15, 0.2) is 0 Å². The van der Waals surface area contributed by atoms with Gasteiger partial charge in [-0.3, -0.25) is 0 Å². The van der Waals surface area contributed by atoms with Gasteiger partial charge >= 0.3 is 0 Å². The zero-order chi connectivity index (χ0) is 12.4. The van der Waals surface area contributed by atoms with Crippen molar-refractivity contribution in [2.45, 2.75) is 37.0 Å². The highest BCUT2D eigenvalue weighted by Gasteiger charge is 2.33. The summed E-state index contributed by atoms with van der Waals surface area (Å²) in [5.74, 6) is -0.608. The maximum absolute atomic E-state index is 11.9. The highest BCUT2D eigenvalue weighted by molar-refractivity contribution is 7.95. The second-order valence-corrected chi connectivity index (χ2v) is 9.08. The zero-order valence-electron chi connectivity index (χ0n) is 9.42. The molecular weight excluding hydrogens is 250 g/mol. The standard InChI is InChI=1S/C9H19NO4S2/c1-15(11,12)6-7-16(13,14)9-5-3-2-4-8(9)10/h8-9H,2-7,10H2,1H3. The summed E-state index contributed by atoms with van der Waals surface area (Å²) in [6, 6.07) is -0.335. The van der Waals surface area contributed by atoms with Gasteiger partial charge in [-0.25, -0.2) is 16.8 Å². The van der Waals surface area contributed by atoms with Crippen molar-refractivity contribution in [3.63, 3.8) is 0 Å². The van der Waals surface area contributed by atoms with Gasteiger partial charge in [-0.2, -0.15) is 0 Å². The summed E-state index contributed by atoms with van der Waals surface area (Å²) in [6.07, 6.45) is 4.13. The fourth-order valence-electron chi connectivity index (χ4n) is 1.99. The molecule has 1 fully saturated rings. The molecule has 0 spiro atoms. The van der Waals surface area contributed by atoms with Crippen LogP contribution in [0.4, 0.5) is 0 Å². The Morgan fingerprint density at radius 1 is 1.06 bits per heavy atom. The molecule has 5 nitrogen and oxygen atoms in total. The van der Waals surface area contributed by atoms with E-state index in [2.05, 4.69) is 0 Å². The molecule has 0 heterocycles. The van der Waals surface area contributed by atoms with Crippen molar-refractivity contribution < 1.29 is 16.8 Å². The predicted molar refractivity (Wildman–Crippen MR) is 63.7 cm³/mol. The smallest absolute Gasteiger partial charge is 0.155 e. The monoisotopic (exact) mass is 269 g/mol. The summed E-state index contributed by atoms with van der Waals surface area (Å²) in [6.45, 7) is 0. The molecule has 16 heavy (non-hydrogen) atoms. The van der Waals surface area contributed by atoms with E-state index in [1.807, 2.05) is 0 Å². The molecule has 2 unspecified atom stereocenters. The second kappa shape index (κ2) is 5.01. The highest BCUT2D eigenvalue weighted by atomic mass is 32.2. The predicted octanol–water partition coefficient (Wildman–Crippen LogP) is -0.284. The topological polar surface area (TPSA) is 94.3 Å². The minimum atomic E-state index is -3.37. The third-order valence-corrected chi connectivity index (χ3v) is 6.44. The van der Waals surface area contributed by atoms with Gasteiger partial charge in [0.1, 0.15) is 9.84 Å². The van der Waals surface area contributed by atoms with Gasteiger partial charge in [0, 0.05) is 12.3 Å². The first kappa shape index (κ1) is 13.9. The van der Waals surface area contributed by atoms with E-state index >= 15 is 0 Å². The third kappa shape index (κ3) is 4.03. The fraction of sp³-hybridized carbons (Fsp3) is 1.00. The molecular formula is C9H19NO4S2. The molecule has 0 aromatic heterocycles. The lowest BCUT2D eigenvalue weighted by Gasteiger charge is -2.28. The van der Waals surface area contributed by atoms with Crippen LogP contribution in [0.1, 0.15) is 25.7 Å². The zero-order valence-corrected chi connectivity index (χ0v) is 11.1. The van der Waals surface area contributed by atoms with Gasteiger partial charge in [-0.05, 0) is 12.8 Å². The van der Waals surface area contributed by atoms with Gasteiger partial charge in [0.15, 0.2) is 9.84 Å². The molecule has 1 aliphatic rings. The molecule has 1 saturated carbocycles. The third-order valence-electron chi connectivity index (χ3n) is 2.95. The fourth-order valence-corrected chi connectivity index (χ4v) is 5.63. The summed E-state index contributed by atoms with van der Waals surface area (Å²) >= 11 is 0. The van der Waals surface area contributed by atoms with Crippen LogP contribution in [0.3, 0.4) is 0 Å². The lowest BCUT2D eigenvalue weighted by atomic mass is 9.96. The Kier molecular flexibility index (Phi) is 4.36. The normalized spacial score (nSPS) is 27.9. The Balaban J connectivity index is 2.69. The van der Waals surface area contributed by atoms with E-state index in [4.69, 9.17) is 5.73 Å². The number of hydrogen-bond acceptors (Lipinski definition) is 5. The van der Waals surface area contributed by atoms with Crippen molar-refractivity contribution in [2.75, 3.05) is 17.8 Å². The lowest BCUT2D eigenvalue weighted by Crippen LogP contribution is -2.44. The van der Waals surface area contributed by atoms with Crippen LogP contribution in [0.25, 0.3) is 0 Å². The molecule has 2 atom stereocenters. The molecule has 0 aromatic carbocycles. The van der Waals surface area contributed by atoms with Crippen molar-refractivity contribution in [2.24, 2.45) is 5.73 Å². The Bertz CT molecular complexity index is 426. The maximum atomic E-state index is 11.9. The second-order valence-electron chi connectivity index (χ2n) is 4.48. The first-order chi connectivity index (χ1) is 7.22. The van der Waals surface area contributed by atoms with Gasteiger partial charge in [-0.15, -0.1) is 0 Å². The Labute approximate surface area is 97.2 Å². The summed E-state index contributed by atoms with van der Waals surface area (Å²) in [7, 11) is -6.60.